The van der Waals surface area contributed by atoms with E-state index in [4.69, 9.17) is 10.2 Å². The zero-order valence-corrected chi connectivity index (χ0v) is 12.6. The molecule has 0 radical (unpaired) electrons. The Bertz CT molecular complexity index is 517. The Kier molecular flexibility index (Phi) is 7.11. The van der Waals surface area contributed by atoms with Crippen LogP contribution in [0.1, 0.15) is 12.5 Å². The van der Waals surface area contributed by atoms with Crippen molar-refractivity contribution in [2.24, 2.45) is 0 Å². The molecule has 3 N–H and O–H groups in total. The molecule has 0 saturated heterocycles. The van der Waals surface area contributed by atoms with Crippen LogP contribution in [0.2, 0.25) is 0 Å². The van der Waals surface area contributed by atoms with E-state index in [1.165, 1.54) is 11.0 Å². The van der Waals surface area contributed by atoms with Gasteiger partial charge >= 0.3 is 12.3 Å². The Hall–Kier alpha value is -2.00. The van der Waals surface area contributed by atoms with Crippen LogP contribution in [0.5, 0.6) is 0 Å². The minimum absolute atomic E-state index is 0.0666. The van der Waals surface area contributed by atoms with Gasteiger partial charge in [0.2, 0.25) is 0 Å². The second-order valence-corrected chi connectivity index (χ2v) is 4.51. The number of nitrogens with zero attached hydrogens (tertiary/aromatic N) is 1. The number of carbonyl (C=O) groups excluding carboxylic acids is 1. The van der Waals surface area contributed by atoms with E-state index < -0.39 is 17.8 Å². The van der Waals surface area contributed by atoms with Crippen LogP contribution >= 0.6 is 0 Å². The molecule has 0 unspecified atom stereocenters. The van der Waals surface area contributed by atoms with Crippen molar-refractivity contribution in [1.82, 2.24) is 0 Å². The molecule has 0 saturated carbocycles. The Morgan fingerprint density at radius 2 is 1.87 bits per heavy atom. The maximum absolute atomic E-state index is 12.8. The first-order chi connectivity index (χ1) is 10.8. The SMILES string of the molecule is CCOC(=O)Nc1cc(C(F)(F)F)ccc1N(CCO)CCO. The minimum atomic E-state index is -4.57. The number of hydrogen-bond acceptors (Lipinski definition) is 5. The van der Waals surface area contributed by atoms with Crippen LogP contribution in [0.15, 0.2) is 18.2 Å². The van der Waals surface area contributed by atoms with Crippen LogP contribution in [0.4, 0.5) is 29.3 Å². The fourth-order valence-corrected chi connectivity index (χ4v) is 1.96. The lowest BCUT2D eigenvalue weighted by Gasteiger charge is -2.26. The first-order valence-corrected chi connectivity index (χ1v) is 6.95. The monoisotopic (exact) mass is 336 g/mol. The number of alkyl halides is 3. The average molecular weight is 336 g/mol. The van der Waals surface area contributed by atoms with E-state index in [0.717, 1.165) is 12.1 Å². The van der Waals surface area contributed by atoms with Gasteiger partial charge in [-0.2, -0.15) is 13.2 Å². The number of carbonyl (C=O) groups is 1. The van der Waals surface area contributed by atoms with Gasteiger partial charge in [-0.05, 0) is 25.1 Å². The van der Waals surface area contributed by atoms with Gasteiger partial charge in [0.05, 0.1) is 36.8 Å². The van der Waals surface area contributed by atoms with Crippen LogP contribution in [-0.2, 0) is 10.9 Å². The van der Waals surface area contributed by atoms with Crippen LogP contribution in [0.3, 0.4) is 0 Å². The molecule has 0 heterocycles. The summed E-state index contributed by atoms with van der Waals surface area (Å²) in [5.74, 6) is 0. The number of rotatable bonds is 7. The van der Waals surface area contributed by atoms with E-state index in [1.54, 1.807) is 6.92 Å². The standard InChI is InChI=1S/C14H19F3N2O4/c1-2-23-13(22)18-11-9-10(14(15,16)17)3-4-12(11)19(5-7-20)6-8-21/h3-4,9,20-21H,2,5-8H2,1H3,(H,18,22). The van der Waals surface area contributed by atoms with E-state index in [0.29, 0.717) is 0 Å². The third-order valence-corrected chi connectivity index (χ3v) is 2.92. The number of benzene rings is 1. The van der Waals surface area contributed by atoms with E-state index in [1.807, 2.05) is 0 Å². The smallest absolute Gasteiger partial charge is 0.416 e. The number of ether oxygens (including phenoxy) is 1. The Morgan fingerprint density at radius 3 is 2.35 bits per heavy atom. The lowest BCUT2D eigenvalue weighted by molar-refractivity contribution is -0.137. The van der Waals surface area contributed by atoms with Crippen molar-refractivity contribution in [3.8, 4) is 0 Å². The summed E-state index contributed by atoms with van der Waals surface area (Å²) < 4.78 is 43.2. The Labute approximate surface area is 131 Å². The summed E-state index contributed by atoms with van der Waals surface area (Å²) in [5, 5.41) is 20.4. The quantitative estimate of drug-likeness (QED) is 0.710. The molecule has 6 nitrogen and oxygen atoms in total. The van der Waals surface area contributed by atoms with Gasteiger partial charge in [0, 0.05) is 13.1 Å². The second kappa shape index (κ2) is 8.59. The molecule has 23 heavy (non-hydrogen) atoms. The minimum Gasteiger partial charge on any atom is -0.450 e. The van der Waals surface area contributed by atoms with Gasteiger partial charge in [-0.1, -0.05) is 0 Å². The number of anilines is 2. The van der Waals surface area contributed by atoms with Crippen LogP contribution in [-0.4, -0.2) is 49.2 Å². The first-order valence-electron chi connectivity index (χ1n) is 6.95. The largest absolute Gasteiger partial charge is 0.450 e. The lowest BCUT2D eigenvalue weighted by Crippen LogP contribution is -2.31. The molecule has 1 amide bonds. The molecular weight excluding hydrogens is 317 g/mol. The average Bonchev–Trinajstić information content (AvgIpc) is 2.46. The molecule has 0 spiro atoms. The predicted octanol–water partition coefficient (Wildman–Crippen LogP) is 2.06. The highest BCUT2D eigenvalue weighted by molar-refractivity contribution is 5.90. The molecule has 0 aliphatic heterocycles. The zero-order valence-electron chi connectivity index (χ0n) is 12.6. The highest BCUT2D eigenvalue weighted by Gasteiger charge is 2.31. The molecule has 0 bridgehead atoms. The molecule has 0 atom stereocenters. The highest BCUT2D eigenvalue weighted by atomic mass is 19.4. The molecular formula is C14H19F3N2O4. The van der Waals surface area contributed by atoms with E-state index in [2.05, 4.69) is 10.1 Å². The molecule has 130 valence electrons. The lowest BCUT2D eigenvalue weighted by atomic mass is 10.1. The van der Waals surface area contributed by atoms with Crippen molar-refractivity contribution in [2.45, 2.75) is 13.1 Å². The fraction of sp³-hybridized carbons (Fsp3) is 0.500. The molecule has 1 aromatic carbocycles. The van der Waals surface area contributed by atoms with Crippen molar-refractivity contribution < 1.29 is 32.9 Å². The van der Waals surface area contributed by atoms with Crippen LogP contribution < -0.4 is 10.2 Å². The number of aliphatic hydroxyl groups excluding tert-OH is 2. The van der Waals surface area contributed by atoms with Gasteiger partial charge in [-0.3, -0.25) is 5.32 Å². The van der Waals surface area contributed by atoms with Crippen LogP contribution in [0, 0.1) is 0 Å². The number of amides is 1. The molecule has 1 rings (SSSR count). The highest BCUT2D eigenvalue weighted by Crippen LogP contribution is 2.35. The fourth-order valence-electron chi connectivity index (χ4n) is 1.96. The molecule has 9 heteroatoms. The van der Waals surface area contributed by atoms with Crippen molar-refractivity contribution in [3.63, 3.8) is 0 Å². The van der Waals surface area contributed by atoms with Gasteiger partial charge in [-0.15, -0.1) is 0 Å². The summed E-state index contributed by atoms with van der Waals surface area (Å²) in [4.78, 5) is 13.0. The molecule has 1 aromatic rings. The first kappa shape index (κ1) is 19.0. The molecule has 0 aliphatic carbocycles. The van der Waals surface area contributed by atoms with Gasteiger partial charge in [0.25, 0.3) is 0 Å². The predicted molar refractivity (Wildman–Crippen MR) is 78.5 cm³/mol. The zero-order chi connectivity index (χ0) is 17.5. The Morgan fingerprint density at radius 1 is 1.26 bits per heavy atom. The third-order valence-electron chi connectivity index (χ3n) is 2.92. The molecule has 0 fully saturated rings. The summed E-state index contributed by atoms with van der Waals surface area (Å²) in [6, 6.07) is 2.83. The van der Waals surface area contributed by atoms with Gasteiger partial charge in [-0.25, -0.2) is 4.79 Å². The van der Waals surface area contributed by atoms with Gasteiger partial charge < -0.3 is 19.8 Å². The Balaban J connectivity index is 3.23. The summed E-state index contributed by atoms with van der Waals surface area (Å²) in [7, 11) is 0. The van der Waals surface area contributed by atoms with Gasteiger partial charge in [0.15, 0.2) is 0 Å². The third kappa shape index (κ3) is 5.61. The maximum atomic E-state index is 12.8. The van der Waals surface area contributed by atoms with Crippen molar-refractivity contribution in [1.29, 1.82) is 0 Å². The summed E-state index contributed by atoms with van der Waals surface area (Å²) in [6.07, 6.45) is -5.45. The topological polar surface area (TPSA) is 82.0 Å². The molecule has 0 aromatic heterocycles. The van der Waals surface area contributed by atoms with E-state index in [9.17, 15) is 18.0 Å². The van der Waals surface area contributed by atoms with Gasteiger partial charge in [0.1, 0.15) is 0 Å². The number of aliphatic hydroxyl groups is 2. The van der Waals surface area contributed by atoms with Crippen molar-refractivity contribution >= 4 is 17.5 Å². The number of hydrogen-bond donors (Lipinski definition) is 3. The van der Waals surface area contributed by atoms with Crippen molar-refractivity contribution in [3.05, 3.63) is 23.8 Å². The summed E-state index contributed by atoms with van der Waals surface area (Å²) in [5.41, 5.74) is -0.796. The van der Waals surface area contributed by atoms with Crippen LogP contribution in [0.25, 0.3) is 0 Å². The summed E-state index contributed by atoms with van der Waals surface area (Å²) in [6.45, 7) is 1.28. The second-order valence-electron chi connectivity index (χ2n) is 4.51. The normalized spacial score (nSPS) is 11.2. The number of nitrogens with one attached hydrogen (secondary N) is 1. The molecule has 0 aliphatic rings. The van der Waals surface area contributed by atoms with E-state index >= 15 is 0 Å². The number of halogens is 3. The van der Waals surface area contributed by atoms with Crippen molar-refractivity contribution in [2.75, 3.05) is 43.1 Å². The van der Waals surface area contributed by atoms with E-state index in [-0.39, 0.29) is 44.3 Å². The summed E-state index contributed by atoms with van der Waals surface area (Å²) >= 11 is 0. The maximum Gasteiger partial charge on any atom is 0.416 e.